The largest absolute Gasteiger partial charge is 0.472 e. The normalized spacial score (nSPS) is 23.1. The molecule has 7 N–H and O–H groups in total. The van der Waals surface area contributed by atoms with Gasteiger partial charge in [-0.05, 0) is 57.8 Å². The number of rotatable bonds is 39. The third kappa shape index (κ3) is 30.1. The van der Waals surface area contributed by atoms with Gasteiger partial charge in [-0.1, -0.05) is 159 Å². The van der Waals surface area contributed by atoms with Crippen LogP contribution in [0.25, 0.3) is 0 Å². The molecule has 7 atom stereocenters. The Labute approximate surface area is 367 Å². The van der Waals surface area contributed by atoms with Crippen molar-refractivity contribution in [2.24, 2.45) is 0 Å². The number of ether oxygens (including phenoxy) is 2. The predicted molar refractivity (Wildman–Crippen MR) is 241 cm³/mol. The second-order valence-electron chi connectivity index (χ2n) is 16.4. The molecule has 0 bridgehead atoms. The first-order valence-electron chi connectivity index (χ1n) is 23.5. The van der Waals surface area contributed by atoms with Crippen molar-refractivity contribution in [2.45, 2.75) is 223 Å². The zero-order valence-electron chi connectivity index (χ0n) is 37.6. The summed E-state index contributed by atoms with van der Waals surface area (Å²) >= 11 is 0. The van der Waals surface area contributed by atoms with Crippen molar-refractivity contribution in [3.63, 3.8) is 0 Å². The summed E-state index contributed by atoms with van der Waals surface area (Å²) in [6.45, 7) is 3.92. The fourth-order valence-electron chi connectivity index (χ4n) is 6.92. The van der Waals surface area contributed by atoms with Crippen LogP contribution in [-0.4, -0.2) is 110 Å². The summed E-state index contributed by atoms with van der Waals surface area (Å²) in [7, 11) is -5.04. The van der Waals surface area contributed by atoms with E-state index in [1.807, 2.05) is 19.1 Å². The highest BCUT2D eigenvalue weighted by Crippen LogP contribution is 2.47. The maximum Gasteiger partial charge on any atom is 0.472 e. The topological polar surface area (TPSA) is 213 Å². The number of hydrogen-bond donors (Lipinski definition) is 7. The van der Waals surface area contributed by atoms with Crippen LogP contribution in [0, 0.1) is 0 Å². The van der Waals surface area contributed by atoms with Crippen molar-refractivity contribution in [3.05, 3.63) is 48.6 Å². The van der Waals surface area contributed by atoms with E-state index in [1.54, 1.807) is 0 Å². The third-order valence-electron chi connectivity index (χ3n) is 10.9. The zero-order valence-corrected chi connectivity index (χ0v) is 38.5. The monoisotopic (exact) mass is 889 g/mol. The Morgan fingerprint density at radius 1 is 0.590 bits per heavy atom. The molecule has 0 amide bonds. The van der Waals surface area contributed by atoms with Gasteiger partial charge in [0.05, 0.1) is 19.3 Å². The van der Waals surface area contributed by atoms with Gasteiger partial charge in [0.25, 0.3) is 0 Å². The van der Waals surface area contributed by atoms with Gasteiger partial charge in [-0.25, -0.2) is 4.57 Å². The number of unbranched alkanes of at least 4 members (excludes halogenated alkanes) is 16. The molecule has 0 saturated heterocycles. The molecule has 1 aliphatic carbocycles. The molecular formula is C47H85O13P. The minimum Gasteiger partial charge on any atom is -0.457 e. The molecule has 61 heavy (non-hydrogen) atoms. The summed E-state index contributed by atoms with van der Waals surface area (Å²) in [5.41, 5.74) is 0. The lowest BCUT2D eigenvalue weighted by molar-refractivity contribution is -0.220. The number of carbonyl (C=O) groups excluding carboxylic acids is 1. The number of aliphatic hydroxyl groups excluding tert-OH is 6. The first-order chi connectivity index (χ1) is 29.4. The molecule has 0 spiro atoms. The van der Waals surface area contributed by atoms with Gasteiger partial charge < -0.3 is 45.0 Å². The SMILES string of the molecule is CCCCCCCCCCCCCCCCCCOCC(COP(=O)(O)OC1C(O)C(O)C(O)C(O)C1O)OC(=O)CCC/C=C\C/C=C\C/C=C\C/C=C\CCC(O)CC. The van der Waals surface area contributed by atoms with Crippen molar-refractivity contribution >= 4 is 13.8 Å². The second-order valence-corrected chi connectivity index (χ2v) is 17.8. The average molecular weight is 889 g/mol. The number of carbonyl (C=O) groups is 1. The Morgan fingerprint density at radius 2 is 1.03 bits per heavy atom. The fourth-order valence-corrected chi connectivity index (χ4v) is 7.89. The van der Waals surface area contributed by atoms with Crippen molar-refractivity contribution in [3.8, 4) is 0 Å². The number of phosphoric ester groups is 1. The Kier molecular flexibility index (Phi) is 35.3. The molecule has 1 aliphatic rings. The molecule has 0 aromatic carbocycles. The highest BCUT2D eigenvalue weighted by atomic mass is 31.2. The van der Waals surface area contributed by atoms with Crippen LogP contribution in [0.15, 0.2) is 48.6 Å². The molecule has 1 rings (SSSR count). The molecule has 356 valence electrons. The van der Waals surface area contributed by atoms with Crippen LogP contribution in [0.4, 0.5) is 0 Å². The number of hydrogen-bond acceptors (Lipinski definition) is 12. The highest BCUT2D eigenvalue weighted by molar-refractivity contribution is 7.47. The quantitative estimate of drug-likeness (QED) is 0.0134. The van der Waals surface area contributed by atoms with Crippen LogP contribution in [0.3, 0.4) is 0 Å². The van der Waals surface area contributed by atoms with Gasteiger partial charge in [-0.3, -0.25) is 13.8 Å². The molecule has 14 heteroatoms. The van der Waals surface area contributed by atoms with E-state index in [4.69, 9.17) is 18.5 Å². The van der Waals surface area contributed by atoms with Gasteiger partial charge in [0.1, 0.15) is 42.7 Å². The molecule has 13 nitrogen and oxygen atoms in total. The Hall–Kier alpha value is -1.74. The lowest BCUT2D eigenvalue weighted by Gasteiger charge is -2.41. The van der Waals surface area contributed by atoms with Crippen LogP contribution >= 0.6 is 7.82 Å². The van der Waals surface area contributed by atoms with Crippen molar-refractivity contribution in [1.29, 1.82) is 0 Å². The van der Waals surface area contributed by atoms with E-state index in [-0.39, 0.29) is 19.1 Å². The van der Waals surface area contributed by atoms with E-state index >= 15 is 0 Å². The summed E-state index contributed by atoms with van der Waals surface area (Å²) < 4.78 is 34.1. The first kappa shape index (κ1) is 57.3. The smallest absolute Gasteiger partial charge is 0.457 e. The van der Waals surface area contributed by atoms with Gasteiger partial charge in [0.15, 0.2) is 0 Å². The second kappa shape index (κ2) is 37.6. The molecule has 7 unspecified atom stereocenters. The summed E-state index contributed by atoms with van der Waals surface area (Å²) in [4.78, 5) is 23.1. The third-order valence-corrected chi connectivity index (χ3v) is 11.9. The molecule has 0 heterocycles. The molecule has 0 radical (unpaired) electrons. The Morgan fingerprint density at radius 3 is 1.52 bits per heavy atom. The van der Waals surface area contributed by atoms with Gasteiger partial charge >= 0.3 is 13.8 Å². The zero-order chi connectivity index (χ0) is 45.0. The molecule has 1 saturated carbocycles. The Bertz CT molecular complexity index is 1210. The lowest BCUT2D eigenvalue weighted by Crippen LogP contribution is -2.64. The fraction of sp³-hybridized carbons (Fsp3) is 0.809. The van der Waals surface area contributed by atoms with Crippen LogP contribution < -0.4 is 0 Å². The van der Waals surface area contributed by atoms with Gasteiger partial charge in [0.2, 0.25) is 0 Å². The molecule has 0 aromatic rings. The van der Waals surface area contributed by atoms with E-state index < -0.39 is 63.1 Å². The van der Waals surface area contributed by atoms with Gasteiger partial charge in [-0.15, -0.1) is 0 Å². The minimum atomic E-state index is -5.04. The summed E-state index contributed by atoms with van der Waals surface area (Å²) in [6, 6.07) is 0. The van der Waals surface area contributed by atoms with E-state index in [9.17, 15) is 44.9 Å². The summed E-state index contributed by atoms with van der Waals surface area (Å²) in [5.74, 6) is -0.542. The van der Waals surface area contributed by atoms with E-state index in [0.29, 0.717) is 19.4 Å². The lowest BCUT2D eigenvalue weighted by atomic mass is 9.85. The first-order valence-corrected chi connectivity index (χ1v) is 25.0. The predicted octanol–water partition coefficient (Wildman–Crippen LogP) is 8.61. The van der Waals surface area contributed by atoms with Crippen molar-refractivity contribution < 1.29 is 63.4 Å². The van der Waals surface area contributed by atoms with E-state index in [1.165, 1.54) is 83.5 Å². The Balaban J connectivity index is 2.44. The average Bonchev–Trinajstić information content (AvgIpc) is 3.24. The maximum absolute atomic E-state index is 12.8. The number of esters is 1. The van der Waals surface area contributed by atoms with Crippen molar-refractivity contribution in [2.75, 3.05) is 19.8 Å². The standard InChI is InChI=1S/C47H85O13P/c1-3-5-6-7-8-9-10-11-12-15-18-21-24-27-30-33-36-57-37-40(38-58-61(55,56)60-47-45(53)43(51)42(50)44(52)46(47)54)59-41(49)35-32-29-26-23-20-17-14-13-16-19-22-25-28-31-34-39(48)4-2/h14,16-17,19,23,25-26,28,39-40,42-48,50-54H,3-13,15,18,20-22,24,27,29-38H2,1-2H3,(H,55,56)/b17-14-,19-16-,26-23-,28-25-. The number of allylic oxidation sites excluding steroid dienone is 8. The summed E-state index contributed by atoms with van der Waals surface area (Å²) in [5, 5.41) is 59.7. The minimum absolute atomic E-state index is 0.0973. The van der Waals surface area contributed by atoms with Gasteiger partial charge in [0, 0.05) is 13.0 Å². The van der Waals surface area contributed by atoms with E-state index in [2.05, 4.69) is 43.4 Å². The molecule has 0 aromatic heterocycles. The number of phosphoric acid groups is 1. The molecular weight excluding hydrogens is 803 g/mol. The number of aliphatic hydroxyl groups is 6. The maximum atomic E-state index is 12.8. The highest BCUT2D eigenvalue weighted by Gasteiger charge is 2.51. The van der Waals surface area contributed by atoms with Crippen LogP contribution in [0.1, 0.15) is 174 Å². The summed E-state index contributed by atoms with van der Waals surface area (Å²) in [6.07, 6.45) is 29.8. The van der Waals surface area contributed by atoms with Crippen molar-refractivity contribution in [1.82, 2.24) is 0 Å². The van der Waals surface area contributed by atoms with Crippen LogP contribution in [0.2, 0.25) is 0 Å². The van der Waals surface area contributed by atoms with Crippen LogP contribution in [-0.2, 0) is 27.9 Å². The van der Waals surface area contributed by atoms with Crippen LogP contribution in [0.5, 0.6) is 0 Å². The molecule has 0 aliphatic heterocycles. The van der Waals surface area contributed by atoms with Gasteiger partial charge in [-0.2, -0.15) is 0 Å². The van der Waals surface area contributed by atoms with E-state index in [0.717, 1.165) is 57.8 Å². The molecule has 1 fully saturated rings.